The van der Waals surface area contributed by atoms with Gasteiger partial charge in [0.05, 0.1) is 19.2 Å². The van der Waals surface area contributed by atoms with Crippen molar-refractivity contribution in [2.45, 2.75) is 115 Å². The number of para-hydroxylation sites is 2. The summed E-state index contributed by atoms with van der Waals surface area (Å²) in [6.45, 7) is 6.60. The number of hydrogen-bond acceptors (Lipinski definition) is 13. The quantitative estimate of drug-likeness (QED) is 0.0328. The van der Waals surface area contributed by atoms with Crippen LogP contribution in [0.1, 0.15) is 65.0 Å². The van der Waals surface area contributed by atoms with Crippen LogP contribution >= 0.6 is 23.5 Å². The SMILES string of the molecule is CC[C@H](C)[C@H](NC(=O)[C@H](CCSC)NC(=O)[C@@H](N)Cc1c[nH]c2ccccc12)C(=O)N[C@@H](CO)C(=O)N[C@@H](Cc1c[nH]c2ccccc12)C(=O)N[C@@H](C)C(=O)NCC(=O)N[C@@H](CCSC)C(=O)N[C@H](C(=O)O)C(C)C. The number of H-pyrrole nitrogens is 2. The number of aliphatic carboxylic acids is 1. The Morgan fingerprint density at radius 3 is 1.59 bits per heavy atom. The van der Waals surface area contributed by atoms with Crippen molar-refractivity contribution in [1.29, 1.82) is 0 Å². The highest BCUT2D eigenvalue weighted by molar-refractivity contribution is 7.98. The van der Waals surface area contributed by atoms with Crippen LogP contribution in [-0.4, -0.2) is 159 Å². The van der Waals surface area contributed by atoms with Crippen LogP contribution in [0.3, 0.4) is 0 Å². The fourth-order valence-electron chi connectivity index (χ4n) is 8.04. The number of hydrogen-bond donors (Lipinski definition) is 13. The van der Waals surface area contributed by atoms with Crippen LogP contribution < -0.4 is 48.3 Å². The first-order valence-electron chi connectivity index (χ1n) is 24.8. The fourth-order valence-corrected chi connectivity index (χ4v) is 8.99. The Labute approximate surface area is 444 Å². The molecule has 0 saturated carbocycles. The van der Waals surface area contributed by atoms with E-state index in [1.54, 1.807) is 58.5 Å². The maximum atomic E-state index is 14.1. The van der Waals surface area contributed by atoms with Crippen molar-refractivity contribution in [3.8, 4) is 0 Å². The van der Waals surface area contributed by atoms with Gasteiger partial charge in [0.15, 0.2) is 0 Å². The van der Waals surface area contributed by atoms with Gasteiger partial charge in [-0.3, -0.25) is 38.4 Å². The normalized spacial score (nSPS) is 15.0. The number of carboxylic acids is 1. The highest BCUT2D eigenvalue weighted by atomic mass is 32.2. The summed E-state index contributed by atoms with van der Waals surface area (Å²) in [7, 11) is 0. The molecule has 0 unspecified atom stereocenters. The molecule has 0 bridgehead atoms. The number of carbonyl (C=O) groups excluding carboxylic acids is 8. The number of thioether (sulfide) groups is 2. The number of carboxylic acid groups (broad SMARTS) is 1. The Bertz CT molecular complexity index is 2610. The van der Waals surface area contributed by atoms with Gasteiger partial charge in [-0.05, 0) is 85.3 Å². The molecule has 24 heteroatoms. The molecule has 0 aliphatic carbocycles. The third kappa shape index (κ3) is 18.0. The van der Waals surface area contributed by atoms with Crippen molar-refractivity contribution in [2.24, 2.45) is 17.6 Å². The zero-order chi connectivity index (χ0) is 55.4. The number of amides is 8. The average molecular weight is 1080 g/mol. The summed E-state index contributed by atoms with van der Waals surface area (Å²) in [5, 5.41) is 42.3. The first-order chi connectivity index (χ1) is 35.7. The maximum Gasteiger partial charge on any atom is 0.326 e. The lowest BCUT2D eigenvalue weighted by Gasteiger charge is -2.29. The van der Waals surface area contributed by atoms with Gasteiger partial charge in [-0.15, -0.1) is 0 Å². The molecule has 4 aromatic rings. The first kappa shape index (κ1) is 60.9. The largest absolute Gasteiger partial charge is 0.480 e. The number of carbonyl (C=O) groups is 9. The van der Waals surface area contributed by atoms with E-state index in [4.69, 9.17) is 5.73 Å². The minimum absolute atomic E-state index is 0.121. The van der Waals surface area contributed by atoms with E-state index in [9.17, 15) is 53.4 Å². The predicted molar refractivity (Wildman–Crippen MR) is 289 cm³/mol. The maximum absolute atomic E-state index is 14.1. The molecule has 75 heavy (non-hydrogen) atoms. The average Bonchev–Trinajstić information content (AvgIpc) is 4.00. The molecule has 22 nitrogen and oxygen atoms in total. The van der Waals surface area contributed by atoms with Gasteiger partial charge >= 0.3 is 5.97 Å². The van der Waals surface area contributed by atoms with E-state index in [1.165, 1.54) is 30.4 Å². The van der Waals surface area contributed by atoms with E-state index in [2.05, 4.69) is 52.5 Å². The van der Waals surface area contributed by atoms with Crippen molar-refractivity contribution in [3.05, 3.63) is 72.1 Å². The predicted octanol–water partition coefficient (Wildman–Crippen LogP) is 0.577. The monoisotopic (exact) mass is 1080 g/mol. The van der Waals surface area contributed by atoms with Crippen molar-refractivity contribution < 1.29 is 53.4 Å². The molecule has 2 heterocycles. The standard InChI is InChI=1S/C51H73N11O11S2/c1-8-28(4)43(62-47(68)38(18-20-75-7)58-45(66)34(52)21-30-23-53-35-15-11-9-13-32(30)35)50(71)60-40(26-63)49(70)59-39(22-31-24-54-36-16-12-10-14-33(31)36)48(69)56-29(5)44(65)55-25-41(64)57-37(17-19-74-6)46(67)61-42(27(2)3)51(72)73/h9-16,23-24,27-29,34,37-40,42-43,53-54,63H,8,17-22,25-26,52H2,1-7H3,(H,55,65)(H,56,69)(H,57,64)(H,58,66)(H,59,70)(H,60,71)(H,61,67)(H,62,68)(H,72,73)/t28-,29-,34-,37-,38-,39-,40-,42-,43-/m0/s1. The van der Waals surface area contributed by atoms with Crippen molar-refractivity contribution >= 4 is 98.6 Å². The van der Waals surface area contributed by atoms with Gasteiger partial charge in [-0.25, -0.2) is 4.79 Å². The number of aliphatic hydroxyl groups excluding tert-OH is 1. The van der Waals surface area contributed by atoms with Gasteiger partial charge in [0, 0.05) is 40.6 Å². The molecule has 0 radical (unpaired) electrons. The smallest absolute Gasteiger partial charge is 0.326 e. The Kier molecular flexibility index (Phi) is 24.4. The zero-order valence-electron chi connectivity index (χ0n) is 43.4. The van der Waals surface area contributed by atoms with E-state index in [-0.39, 0.29) is 25.7 Å². The number of aromatic amines is 2. The second kappa shape index (κ2) is 30.1. The van der Waals surface area contributed by atoms with Crippen LogP contribution in [0, 0.1) is 11.8 Å². The summed E-state index contributed by atoms with van der Waals surface area (Å²) in [5.41, 5.74) is 9.41. The van der Waals surface area contributed by atoms with Gasteiger partial charge in [0.2, 0.25) is 47.3 Å². The first-order valence-corrected chi connectivity index (χ1v) is 27.6. The Balaban J connectivity index is 1.45. The lowest BCUT2D eigenvalue weighted by Crippen LogP contribution is -2.61. The molecule has 0 saturated heterocycles. The van der Waals surface area contributed by atoms with Gasteiger partial charge < -0.3 is 68.4 Å². The Morgan fingerprint density at radius 1 is 0.587 bits per heavy atom. The third-order valence-electron chi connectivity index (χ3n) is 12.7. The molecule has 0 aliphatic rings. The van der Waals surface area contributed by atoms with Gasteiger partial charge in [0.25, 0.3) is 0 Å². The van der Waals surface area contributed by atoms with Crippen LogP contribution in [0.25, 0.3) is 21.8 Å². The van der Waals surface area contributed by atoms with Crippen LogP contribution in [0.5, 0.6) is 0 Å². The number of fused-ring (bicyclic) bond motifs is 2. The molecule has 9 atom stereocenters. The van der Waals surface area contributed by atoms with E-state index in [0.717, 1.165) is 27.4 Å². The van der Waals surface area contributed by atoms with Crippen LogP contribution in [-0.2, 0) is 56.0 Å². The summed E-state index contributed by atoms with van der Waals surface area (Å²) in [6, 6.07) is 4.87. The molecule has 8 amide bonds. The summed E-state index contributed by atoms with van der Waals surface area (Å²) in [4.78, 5) is 127. The fraction of sp³-hybridized carbons (Fsp3) is 0.510. The lowest BCUT2D eigenvalue weighted by molar-refractivity contribution is -0.143. The van der Waals surface area contributed by atoms with Crippen LogP contribution in [0.2, 0.25) is 0 Å². The Hall–Kier alpha value is -6.63. The van der Waals surface area contributed by atoms with Gasteiger partial charge in [0.1, 0.15) is 42.3 Å². The topological polar surface area (TPSA) is 348 Å². The number of aliphatic hydroxyl groups is 1. The van der Waals surface area contributed by atoms with E-state index in [1.807, 2.05) is 42.7 Å². The summed E-state index contributed by atoms with van der Waals surface area (Å²) >= 11 is 2.86. The summed E-state index contributed by atoms with van der Waals surface area (Å²) < 4.78 is 0. The highest BCUT2D eigenvalue weighted by Gasteiger charge is 2.35. The lowest BCUT2D eigenvalue weighted by atomic mass is 9.97. The molecule has 14 N–H and O–H groups in total. The molecule has 2 aromatic heterocycles. The van der Waals surface area contributed by atoms with E-state index in [0.29, 0.717) is 23.5 Å². The number of nitrogens with two attached hydrogens (primary N) is 1. The van der Waals surface area contributed by atoms with Gasteiger partial charge in [-0.2, -0.15) is 23.5 Å². The minimum atomic E-state index is -1.63. The van der Waals surface area contributed by atoms with E-state index < -0.39 is 127 Å². The van der Waals surface area contributed by atoms with Crippen molar-refractivity contribution in [1.82, 2.24) is 52.5 Å². The summed E-state index contributed by atoms with van der Waals surface area (Å²) in [5.74, 6) is -7.33. The number of nitrogens with one attached hydrogen (secondary N) is 10. The molecule has 4 rings (SSSR count). The molecule has 0 spiro atoms. The van der Waals surface area contributed by atoms with Crippen molar-refractivity contribution in [2.75, 3.05) is 37.2 Å². The summed E-state index contributed by atoms with van der Waals surface area (Å²) in [6.07, 6.45) is 7.93. The molecule has 0 aliphatic heterocycles. The molecular formula is C51H73N11O11S2. The second-order valence-corrected chi connectivity index (χ2v) is 20.6. The van der Waals surface area contributed by atoms with E-state index >= 15 is 0 Å². The van der Waals surface area contributed by atoms with Crippen LogP contribution in [0.15, 0.2) is 60.9 Å². The number of aromatic nitrogens is 2. The van der Waals surface area contributed by atoms with Crippen molar-refractivity contribution in [3.63, 3.8) is 0 Å². The number of benzene rings is 2. The molecular weight excluding hydrogens is 1010 g/mol. The molecule has 2 aromatic carbocycles. The third-order valence-corrected chi connectivity index (χ3v) is 14.0. The molecule has 410 valence electrons. The number of rotatable bonds is 31. The van der Waals surface area contributed by atoms with Crippen LogP contribution in [0.4, 0.5) is 0 Å². The Morgan fingerprint density at radius 2 is 1.07 bits per heavy atom. The van der Waals surface area contributed by atoms with Gasteiger partial charge in [-0.1, -0.05) is 70.5 Å². The minimum Gasteiger partial charge on any atom is -0.480 e. The zero-order valence-corrected chi connectivity index (χ0v) is 45.0. The molecule has 0 fully saturated rings. The highest BCUT2D eigenvalue weighted by Crippen LogP contribution is 2.21. The second-order valence-electron chi connectivity index (χ2n) is 18.7.